The zero-order chi connectivity index (χ0) is 13.0. The molecule has 0 amide bonds. The SMILES string of the molecule is Cc1ccc(Cc2nc(CCCO)cs2)c(C)c1. The molecule has 0 spiro atoms. The normalized spacial score (nSPS) is 10.8. The molecule has 18 heavy (non-hydrogen) atoms. The summed E-state index contributed by atoms with van der Waals surface area (Å²) in [6.45, 7) is 4.51. The number of hydrogen-bond donors (Lipinski definition) is 1. The summed E-state index contributed by atoms with van der Waals surface area (Å²) in [5, 5.41) is 12.1. The third kappa shape index (κ3) is 3.40. The quantitative estimate of drug-likeness (QED) is 0.896. The number of aliphatic hydroxyl groups is 1. The largest absolute Gasteiger partial charge is 0.396 e. The number of aryl methyl sites for hydroxylation is 3. The van der Waals surface area contributed by atoms with Crippen LogP contribution in [0.2, 0.25) is 0 Å². The van der Waals surface area contributed by atoms with Gasteiger partial charge in [-0.3, -0.25) is 0 Å². The highest BCUT2D eigenvalue weighted by molar-refractivity contribution is 7.09. The Morgan fingerprint density at radius 3 is 2.83 bits per heavy atom. The number of hydrogen-bond acceptors (Lipinski definition) is 3. The topological polar surface area (TPSA) is 33.1 Å². The number of rotatable bonds is 5. The lowest BCUT2D eigenvalue weighted by Crippen LogP contribution is -1.94. The number of thiazole rings is 1. The Labute approximate surface area is 112 Å². The van der Waals surface area contributed by atoms with E-state index in [4.69, 9.17) is 5.11 Å². The minimum atomic E-state index is 0.240. The van der Waals surface area contributed by atoms with Gasteiger partial charge in [-0.05, 0) is 37.8 Å². The van der Waals surface area contributed by atoms with Crippen molar-refractivity contribution in [1.82, 2.24) is 4.98 Å². The summed E-state index contributed by atoms with van der Waals surface area (Å²) in [5.41, 5.74) is 5.10. The van der Waals surface area contributed by atoms with Crippen LogP contribution in [0, 0.1) is 13.8 Å². The molecule has 0 unspecified atom stereocenters. The zero-order valence-corrected chi connectivity index (χ0v) is 11.8. The molecule has 0 aliphatic carbocycles. The minimum Gasteiger partial charge on any atom is -0.396 e. The van der Waals surface area contributed by atoms with Gasteiger partial charge in [0.1, 0.15) is 0 Å². The van der Waals surface area contributed by atoms with Crippen molar-refractivity contribution in [2.24, 2.45) is 0 Å². The van der Waals surface area contributed by atoms with Gasteiger partial charge in [-0.25, -0.2) is 4.98 Å². The second-order valence-corrected chi connectivity index (χ2v) is 5.61. The molecule has 0 fully saturated rings. The number of benzene rings is 1. The lowest BCUT2D eigenvalue weighted by Gasteiger charge is -2.04. The summed E-state index contributed by atoms with van der Waals surface area (Å²) in [7, 11) is 0. The Balaban J connectivity index is 2.06. The van der Waals surface area contributed by atoms with Crippen molar-refractivity contribution >= 4 is 11.3 Å². The first kappa shape index (κ1) is 13.2. The zero-order valence-electron chi connectivity index (χ0n) is 10.9. The summed E-state index contributed by atoms with van der Waals surface area (Å²) in [6, 6.07) is 6.57. The van der Waals surface area contributed by atoms with Crippen LogP contribution in [0.25, 0.3) is 0 Å². The second-order valence-electron chi connectivity index (χ2n) is 4.67. The molecule has 1 N–H and O–H groups in total. The minimum absolute atomic E-state index is 0.240. The van der Waals surface area contributed by atoms with Crippen molar-refractivity contribution < 1.29 is 5.11 Å². The molecule has 1 heterocycles. The Morgan fingerprint density at radius 1 is 1.28 bits per heavy atom. The maximum Gasteiger partial charge on any atom is 0.0972 e. The van der Waals surface area contributed by atoms with Gasteiger partial charge in [-0.15, -0.1) is 11.3 Å². The van der Waals surface area contributed by atoms with E-state index in [9.17, 15) is 0 Å². The Bertz CT molecular complexity index is 519. The molecule has 2 rings (SSSR count). The van der Waals surface area contributed by atoms with Crippen LogP contribution in [0.1, 0.15) is 33.8 Å². The first-order chi connectivity index (χ1) is 8.69. The van der Waals surface area contributed by atoms with E-state index in [0.717, 1.165) is 30.0 Å². The fourth-order valence-electron chi connectivity index (χ4n) is 2.01. The average molecular weight is 261 g/mol. The highest BCUT2D eigenvalue weighted by Gasteiger charge is 2.05. The van der Waals surface area contributed by atoms with Gasteiger partial charge in [0.25, 0.3) is 0 Å². The van der Waals surface area contributed by atoms with E-state index in [1.165, 1.54) is 16.7 Å². The molecule has 0 saturated carbocycles. The smallest absolute Gasteiger partial charge is 0.0972 e. The number of aromatic nitrogens is 1. The van der Waals surface area contributed by atoms with Crippen LogP contribution < -0.4 is 0 Å². The molecule has 96 valence electrons. The summed E-state index contributed by atoms with van der Waals surface area (Å²) in [5.74, 6) is 0. The third-order valence-corrected chi connectivity index (χ3v) is 3.93. The molecule has 0 saturated heterocycles. The third-order valence-electron chi connectivity index (χ3n) is 3.03. The van der Waals surface area contributed by atoms with Gasteiger partial charge in [-0.1, -0.05) is 23.8 Å². The highest BCUT2D eigenvalue weighted by Crippen LogP contribution is 2.19. The first-order valence-corrected chi connectivity index (χ1v) is 7.17. The molecular formula is C15H19NOS. The van der Waals surface area contributed by atoms with Crippen molar-refractivity contribution in [1.29, 1.82) is 0 Å². The van der Waals surface area contributed by atoms with E-state index < -0.39 is 0 Å². The van der Waals surface area contributed by atoms with Crippen LogP contribution in [-0.2, 0) is 12.8 Å². The molecular weight excluding hydrogens is 242 g/mol. The number of nitrogens with zero attached hydrogens (tertiary/aromatic N) is 1. The maximum atomic E-state index is 8.81. The molecule has 2 aromatic rings. The highest BCUT2D eigenvalue weighted by atomic mass is 32.1. The fourth-order valence-corrected chi connectivity index (χ4v) is 2.86. The summed E-state index contributed by atoms with van der Waals surface area (Å²) < 4.78 is 0. The van der Waals surface area contributed by atoms with Gasteiger partial charge in [0.05, 0.1) is 10.7 Å². The predicted octanol–water partition coefficient (Wildman–Crippen LogP) is 3.28. The van der Waals surface area contributed by atoms with E-state index in [0.29, 0.717) is 0 Å². The lowest BCUT2D eigenvalue weighted by molar-refractivity contribution is 0.288. The van der Waals surface area contributed by atoms with Crippen molar-refractivity contribution in [2.75, 3.05) is 6.61 Å². The summed E-state index contributed by atoms with van der Waals surface area (Å²) >= 11 is 1.71. The van der Waals surface area contributed by atoms with Gasteiger partial charge in [0.15, 0.2) is 0 Å². The molecule has 0 aliphatic heterocycles. The van der Waals surface area contributed by atoms with Gasteiger partial charge >= 0.3 is 0 Å². The molecule has 1 aromatic heterocycles. The van der Waals surface area contributed by atoms with E-state index in [-0.39, 0.29) is 6.61 Å². The van der Waals surface area contributed by atoms with Crippen LogP contribution in [0.5, 0.6) is 0 Å². The Kier molecular flexibility index (Phi) is 4.50. The van der Waals surface area contributed by atoms with E-state index in [1.54, 1.807) is 11.3 Å². The van der Waals surface area contributed by atoms with Gasteiger partial charge in [0, 0.05) is 18.4 Å². The van der Waals surface area contributed by atoms with Crippen molar-refractivity contribution in [3.05, 3.63) is 51.0 Å². The van der Waals surface area contributed by atoms with Crippen molar-refractivity contribution in [3.63, 3.8) is 0 Å². The van der Waals surface area contributed by atoms with Crippen LogP contribution in [-0.4, -0.2) is 16.7 Å². The Morgan fingerprint density at radius 2 is 2.11 bits per heavy atom. The van der Waals surface area contributed by atoms with Crippen LogP contribution >= 0.6 is 11.3 Å². The molecule has 0 radical (unpaired) electrons. The number of aliphatic hydroxyl groups excluding tert-OH is 1. The molecule has 2 nitrogen and oxygen atoms in total. The molecule has 0 aliphatic rings. The maximum absolute atomic E-state index is 8.81. The van der Waals surface area contributed by atoms with E-state index in [2.05, 4.69) is 42.4 Å². The lowest BCUT2D eigenvalue weighted by atomic mass is 10.0. The van der Waals surface area contributed by atoms with Gasteiger partial charge in [-0.2, -0.15) is 0 Å². The molecule has 3 heteroatoms. The average Bonchev–Trinajstić information content (AvgIpc) is 2.78. The monoisotopic (exact) mass is 261 g/mol. The van der Waals surface area contributed by atoms with Crippen LogP contribution in [0.15, 0.2) is 23.6 Å². The van der Waals surface area contributed by atoms with Crippen LogP contribution in [0.4, 0.5) is 0 Å². The standard InChI is InChI=1S/C15H19NOS/c1-11-5-6-13(12(2)8-11)9-15-16-14(10-18-15)4-3-7-17/h5-6,8,10,17H,3-4,7,9H2,1-2H3. The van der Waals surface area contributed by atoms with Gasteiger partial charge < -0.3 is 5.11 Å². The molecule has 0 bridgehead atoms. The summed E-state index contributed by atoms with van der Waals surface area (Å²) in [6.07, 6.45) is 2.59. The van der Waals surface area contributed by atoms with Crippen LogP contribution in [0.3, 0.4) is 0 Å². The van der Waals surface area contributed by atoms with E-state index >= 15 is 0 Å². The van der Waals surface area contributed by atoms with Crippen molar-refractivity contribution in [2.45, 2.75) is 33.1 Å². The second kappa shape index (κ2) is 6.12. The first-order valence-electron chi connectivity index (χ1n) is 6.29. The van der Waals surface area contributed by atoms with Gasteiger partial charge in [0.2, 0.25) is 0 Å². The van der Waals surface area contributed by atoms with Crippen molar-refractivity contribution in [3.8, 4) is 0 Å². The van der Waals surface area contributed by atoms with E-state index in [1.807, 2.05) is 0 Å². The molecule has 0 atom stereocenters. The fraction of sp³-hybridized carbons (Fsp3) is 0.400. The summed E-state index contributed by atoms with van der Waals surface area (Å²) in [4.78, 5) is 4.61. The molecule has 1 aromatic carbocycles. The Hall–Kier alpha value is -1.19. The predicted molar refractivity (Wildman–Crippen MR) is 76.2 cm³/mol.